The summed E-state index contributed by atoms with van der Waals surface area (Å²) >= 11 is 17.3. The van der Waals surface area contributed by atoms with Gasteiger partial charge in [0.25, 0.3) is 5.91 Å². The number of carbonyl (C=O) groups excluding carboxylic acids is 1. The molecule has 0 atom stereocenters. The van der Waals surface area contributed by atoms with E-state index in [0.29, 0.717) is 26.4 Å². The van der Waals surface area contributed by atoms with Crippen LogP contribution in [0.5, 0.6) is 0 Å². The van der Waals surface area contributed by atoms with Gasteiger partial charge in [-0.15, -0.1) is 0 Å². The summed E-state index contributed by atoms with van der Waals surface area (Å²) in [6.07, 6.45) is 2.16. The highest BCUT2D eigenvalue weighted by Crippen LogP contribution is 2.25. The maximum atomic E-state index is 12.3. The number of thiocarbonyl (C=S) groups is 1. The zero-order valence-electron chi connectivity index (χ0n) is 13.4. The number of hydrogen-bond acceptors (Lipinski definition) is 2. The maximum absolute atomic E-state index is 12.3. The van der Waals surface area contributed by atoms with Crippen LogP contribution < -0.4 is 10.6 Å². The van der Waals surface area contributed by atoms with Gasteiger partial charge in [-0.2, -0.15) is 0 Å². The van der Waals surface area contributed by atoms with E-state index < -0.39 is 0 Å². The molecule has 0 spiro atoms. The minimum absolute atomic E-state index is 0.0812. The predicted molar refractivity (Wildman–Crippen MR) is 108 cm³/mol. The molecule has 1 aliphatic rings. The van der Waals surface area contributed by atoms with Gasteiger partial charge in [-0.3, -0.25) is 4.79 Å². The van der Waals surface area contributed by atoms with Crippen molar-refractivity contribution >= 4 is 57.8 Å². The van der Waals surface area contributed by atoms with Gasteiger partial charge in [0.15, 0.2) is 5.11 Å². The topological polar surface area (TPSA) is 44.4 Å². The molecule has 0 saturated carbocycles. The Bertz CT molecular complexity index is 789. The van der Waals surface area contributed by atoms with Crippen LogP contribution in [0, 0.1) is 0 Å². The standard InChI is InChI=1S/C18H17Cl2N3OS/c19-13-5-8-16(15(20)11-13)22-18(25)21-14-6-3-12(4-7-14)17(24)23-9-1-2-10-23/h3-8,11H,1-2,9-10H2,(H2,21,22,25). The first-order valence-electron chi connectivity index (χ1n) is 7.95. The molecule has 4 nitrogen and oxygen atoms in total. The minimum Gasteiger partial charge on any atom is -0.339 e. The third kappa shape index (κ3) is 4.63. The van der Waals surface area contributed by atoms with Gasteiger partial charge in [0.05, 0.1) is 10.7 Å². The summed E-state index contributed by atoms with van der Waals surface area (Å²) in [5.41, 5.74) is 2.15. The molecule has 0 unspecified atom stereocenters. The highest BCUT2D eigenvalue weighted by Gasteiger charge is 2.19. The van der Waals surface area contributed by atoms with E-state index in [2.05, 4.69) is 10.6 Å². The fraction of sp³-hybridized carbons (Fsp3) is 0.222. The summed E-state index contributed by atoms with van der Waals surface area (Å²) < 4.78 is 0. The highest BCUT2D eigenvalue weighted by molar-refractivity contribution is 7.80. The number of anilines is 2. The Hall–Kier alpha value is -1.82. The van der Waals surface area contributed by atoms with Gasteiger partial charge in [-0.1, -0.05) is 23.2 Å². The first-order valence-corrected chi connectivity index (χ1v) is 9.12. The van der Waals surface area contributed by atoms with Crippen LogP contribution in [0.1, 0.15) is 23.2 Å². The fourth-order valence-corrected chi connectivity index (χ4v) is 3.36. The molecular weight excluding hydrogens is 377 g/mol. The van der Waals surface area contributed by atoms with Gasteiger partial charge in [0, 0.05) is 29.4 Å². The van der Waals surface area contributed by atoms with E-state index in [-0.39, 0.29) is 5.91 Å². The van der Waals surface area contributed by atoms with E-state index in [1.807, 2.05) is 17.0 Å². The molecule has 0 aromatic heterocycles. The van der Waals surface area contributed by atoms with Crippen molar-refractivity contribution in [2.24, 2.45) is 0 Å². The van der Waals surface area contributed by atoms with Crippen LogP contribution in [0.3, 0.4) is 0 Å². The highest BCUT2D eigenvalue weighted by atomic mass is 35.5. The third-order valence-electron chi connectivity index (χ3n) is 3.96. The molecule has 25 heavy (non-hydrogen) atoms. The molecule has 130 valence electrons. The van der Waals surface area contributed by atoms with Crippen LogP contribution in [-0.4, -0.2) is 29.0 Å². The Morgan fingerprint density at radius 3 is 2.32 bits per heavy atom. The lowest BCUT2D eigenvalue weighted by atomic mass is 10.2. The molecule has 1 amide bonds. The number of likely N-dealkylation sites (tertiary alicyclic amines) is 1. The van der Waals surface area contributed by atoms with Gasteiger partial charge in [-0.25, -0.2) is 0 Å². The number of nitrogens with zero attached hydrogens (tertiary/aromatic N) is 1. The summed E-state index contributed by atoms with van der Waals surface area (Å²) in [7, 11) is 0. The predicted octanol–water partition coefficient (Wildman–Crippen LogP) is 5.04. The van der Waals surface area contributed by atoms with Gasteiger partial charge >= 0.3 is 0 Å². The van der Waals surface area contributed by atoms with E-state index >= 15 is 0 Å². The van der Waals surface area contributed by atoms with Crippen LogP contribution in [0.2, 0.25) is 10.0 Å². The Labute approximate surface area is 162 Å². The zero-order valence-corrected chi connectivity index (χ0v) is 15.7. The Morgan fingerprint density at radius 1 is 1.00 bits per heavy atom. The van der Waals surface area contributed by atoms with Crippen molar-refractivity contribution in [3.05, 3.63) is 58.1 Å². The number of carbonyl (C=O) groups is 1. The normalized spacial score (nSPS) is 13.6. The van der Waals surface area contributed by atoms with E-state index in [4.69, 9.17) is 35.4 Å². The fourth-order valence-electron chi connectivity index (χ4n) is 2.67. The number of benzene rings is 2. The Balaban J connectivity index is 1.60. The van der Waals surface area contributed by atoms with Crippen LogP contribution in [0.4, 0.5) is 11.4 Å². The van der Waals surface area contributed by atoms with E-state index in [1.54, 1.807) is 30.3 Å². The molecule has 2 aromatic rings. The van der Waals surface area contributed by atoms with Gasteiger partial charge in [0.1, 0.15) is 0 Å². The summed E-state index contributed by atoms with van der Waals surface area (Å²) in [4.78, 5) is 14.2. The molecule has 2 N–H and O–H groups in total. The first kappa shape index (κ1) is 18.0. The summed E-state index contributed by atoms with van der Waals surface area (Å²) in [5.74, 6) is 0.0812. The van der Waals surface area contributed by atoms with E-state index in [9.17, 15) is 4.79 Å². The number of nitrogens with one attached hydrogen (secondary N) is 2. The van der Waals surface area contributed by atoms with Gasteiger partial charge in [0.2, 0.25) is 0 Å². The summed E-state index contributed by atoms with van der Waals surface area (Å²) in [5, 5.41) is 7.55. The lowest BCUT2D eigenvalue weighted by molar-refractivity contribution is 0.0793. The van der Waals surface area contributed by atoms with E-state index in [1.165, 1.54) is 0 Å². The van der Waals surface area contributed by atoms with Crippen molar-refractivity contribution in [3.63, 3.8) is 0 Å². The molecule has 1 fully saturated rings. The molecular formula is C18H17Cl2N3OS. The van der Waals surface area contributed by atoms with Crippen molar-refractivity contribution in [1.29, 1.82) is 0 Å². The van der Waals surface area contributed by atoms with Crippen LogP contribution in [-0.2, 0) is 0 Å². The molecule has 0 aliphatic carbocycles. The quantitative estimate of drug-likeness (QED) is 0.716. The molecule has 0 radical (unpaired) electrons. The van der Waals surface area contributed by atoms with Gasteiger partial charge in [-0.05, 0) is 67.5 Å². The molecule has 0 bridgehead atoms. The lowest BCUT2D eigenvalue weighted by Gasteiger charge is -2.16. The summed E-state index contributed by atoms with van der Waals surface area (Å²) in [6.45, 7) is 1.68. The number of amides is 1. The molecule has 1 saturated heterocycles. The van der Waals surface area contributed by atoms with Crippen molar-refractivity contribution in [2.75, 3.05) is 23.7 Å². The van der Waals surface area contributed by atoms with Crippen molar-refractivity contribution in [1.82, 2.24) is 4.90 Å². The SMILES string of the molecule is O=C(c1ccc(NC(=S)Nc2ccc(Cl)cc2Cl)cc1)N1CCCC1. The smallest absolute Gasteiger partial charge is 0.253 e. The van der Waals surface area contributed by atoms with Crippen molar-refractivity contribution < 1.29 is 4.79 Å². The molecule has 3 rings (SSSR count). The monoisotopic (exact) mass is 393 g/mol. The maximum Gasteiger partial charge on any atom is 0.253 e. The molecule has 1 aliphatic heterocycles. The Morgan fingerprint density at radius 2 is 1.68 bits per heavy atom. The largest absolute Gasteiger partial charge is 0.339 e. The second-order valence-electron chi connectivity index (χ2n) is 5.78. The molecule has 1 heterocycles. The lowest BCUT2D eigenvalue weighted by Crippen LogP contribution is -2.27. The third-order valence-corrected chi connectivity index (χ3v) is 4.71. The average molecular weight is 394 g/mol. The first-order chi connectivity index (χ1) is 12.0. The van der Waals surface area contributed by atoms with Crippen LogP contribution in [0.25, 0.3) is 0 Å². The number of hydrogen-bond donors (Lipinski definition) is 2. The molecule has 2 aromatic carbocycles. The number of rotatable bonds is 3. The van der Waals surface area contributed by atoms with Crippen LogP contribution in [0.15, 0.2) is 42.5 Å². The van der Waals surface area contributed by atoms with Crippen molar-refractivity contribution in [3.8, 4) is 0 Å². The molecule has 7 heteroatoms. The average Bonchev–Trinajstić information content (AvgIpc) is 3.12. The minimum atomic E-state index is 0.0812. The second-order valence-corrected chi connectivity index (χ2v) is 7.03. The zero-order chi connectivity index (χ0) is 17.8. The number of halogens is 2. The van der Waals surface area contributed by atoms with Crippen molar-refractivity contribution in [2.45, 2.75) is 12.8 Å². The summed E-state index contributed by atoms with van der Waals surface area (Å²) in [6, 6.07) is 12.4. The van der Waals surface area contributed by atoms with Crippen LogP contribution >= 0.6 is 35.4 Å². The Kier molecular flexibility index (Phi) is 5.78. The second kappa shape index (κ2) is 8.04. The van der Waals surface area contributed by atoms with Gasteiger partial charge < -0.3 is 15.5 Å². The van der Waals surface area contributed by atoms with E-state index in [0.717, 1.165) is 31.6 Å².